The summed E-state index contributed by atoms with van der Waals surface area (Å²) in [5.74, 6) is 1.81. The number of ether oxygens (including phenoxy) is 1. The third-order valence-electron chi connectivity index (χ3n) is 5.27. The number of rotatable bonds is 10. The molecule has 0 fully saturated rings. The lowest BCUT2D eigenvalue weighted by Crippen LogP contribution is -2.07. The van der Waals surface area contributed by atoms with Crippen molar-refractivity contribution in [3.05, 3.63) is 125 Å². The zero-order valence-electron chi connectivity index (χ0n) is 20.3. The number of halogens is 1. The van der Waals surface area contributed by atoms with Crippen LogP contribution in [0.25, 0.3) is 0 Å². The molecule has 0 aliphatic rings. The number of para-hydroxylation sites is 2. The second-order valence-corrected chi connectivity index (χ2v) is 8.58. The maximum atomic E-state index is 5.93. The molecule has 0 aliphatic carbocycles. The molecule has 188 valence electrons. The molecular formula is C29H24ClN7O. The Bertz CT molecular complexity index is 1420. The molecule has 0 spiro atoms. The van der Waals surface area contributed by atoms with E-state index in [9.17, 15) is 0 Å². The van der Waals surface area contributed by atoms with Crippen LogP contribution in [0.3, 0.4) is 0 Å². The Labute approximate surface area is 225 Å². The summed E-state index contributed by atoms with van der Waals surface area (Å²) in [6, 6.07) is 34.6. The first-order valence-electron chi connectivity index (χ1n) is 11.9. The van der Waals surface area contributed by atoms with E-state index in [1.165, 1.54) is 0 Å². The Balaban J connectivity index is 1.25. The number of hydrazone groups is 1. The SMILES string of the molecule is Clc1ccc(COc2ccc(C=NNc3nc(Nc4ccccc4)nc(Nc4ccccc4)n3)cc2)cc1. The fraction of sp³-hybridized carbons (Fsp3) is 0.0345. The van der Waals surface area contributed by atoms with Gasteiger partial charge in [-0.3, -0.25) is 0 Å². The van der Waals surface area contributed by atoms with Crippen LogP contribution in [0.2, 0.25) is 5.02 Å². The van der Waals surface area contributed by atoms with Crippen LogP contribution in [-0.4, -0.2) is 21.2 Å². The molecule has 0 unspecified atom stereocenters. The first kappa shape index (κ1) is 24.7. The van der Waals surface area contributed by atoms with E-state index in [1.54, 1.807) is 6.21 Å². The van der Waals surface area contributed by atoms with E-state index >= 15 is 0 Å². The van der Waals surface area contributed by atoms with Gasteiger partial charge < -0.3 is 15.4 Å². The average molecular weight is 522 g/mol. The lowest BCUT2D eigenvalue weighted by atomic mass is 10.2. The van der Waals surface area contributed by atoms with E-state index in [1.807, 2.05) is 109 Å². The minimum atomic E-state index is 0.288. The highest BCUT2D eigenvalue weighted by molar-refractivity contribution is 6.30. The van der Waals surface area contributed by atoms with Crippen LogP contribution in [0.1, 0.15) is 11.1 Å². The largest absolute Gasteiger partial charge is 0.489 e. The third-order valence-corrected chi connectivity index (χ3v) is 5.52. The molecule has 1 aromatic heterocycles. The van der Waals surface area contributed by atoms with Crippen LogP contribution in [0.15, 0.2) is 114 Å². The van der Waals surface area contributed by atoms with Crippen LogP contribution in [0.4, 0.5) is 29.2 Å². The number of benzene rings is 4. The van der Waals surface area contributed by atoms with Crippen molar-refractivity contribution in [3.63, 3.8) is 0 Å². The molecule has 0 atom stereocenters. The summed E-state index contributed by atoms with van der Waals surface area (Å²) in [4.78, 5) is 13.4. The van der Waals surface area contributed by atoms with E-state index < -0.39 is 0 Å². The molecule has 5 rings (SSSR count). The summed E-state index contributed by atoms with van der Waals surface area (Å²) < 4.78 is 5.84. The Hall–Kier alpha value is -4.95. The van der Waals surface area contributed by atoms with Crippen LogP contribution in [0.5, 0.6) is 5.75 Å². The summed E-state index contributed by atoms with van der Waals surface area (Å²) in [6.45, 7) is 0.463. The van der Waals surface area contributed by atoms with Gasteiger partial charge in [0.15, 0.2) is 0 Å². The van der Waals surface area contributed by atoms with Crippen molar-refractivity contribution in [1.29, 1.82) is 0 Å². The molecule has 0 bridgehead atoms. The Morgan fingerprint density at radius 2 is 1.21 bits per heavy atom. The summed E-state index contributed by atoms with van der Waals surface area (Å²) in [6.07, 6.45) is 1.68. The Morgan fingerprint density at radius 1 is 0.658 bits per heavy atom. The molecule has 9 heteroatoms. The van der Waals surface area contributed by atoms with Crippen molar-refractivity contribution in [2.75, 3.05) is 16.1 Å². The molecule has 0 amide bonds. The molecule has 4 aromatic carbocycles. The maximum Gasteiger partial charge on any atom is 0.250 e. The van der Waals surface area contributed by atoms with Gasteiger partial charge in [0.1, 0.15) is 12.4 Å². The molecule has 5 aromatic rings. The molecular weight excluding hydrogens is 498 g/mol. The maximum absolute atomic E-state index is 5.93. The highest BCUT2D eigenvalue weighted by Gasteiger charge is 2.07. The second-order valence-electron chi connectivity index (χ2n) is 8.14. The van der Waals surface area contributed by atoms with Crippen molar-refractivity contribution in [2.24, 2.45) is 5.10 Å². The molecule has 0 saturated carbocycles. The van der Waals surface area contributed by atoms with Crippen molar-refractivity contribution >= 4 is 47.0 Å². The number of nitrogens with one attached hydrogen (secondary N) is 3. The molecule has 8 nitrogen and oxygen atoms in total. The van der Waals surface area contributed by atoms with Gasteiger partial charge >= 0.3 is 0 Å². The number of nitrogens with zero attached hydrogens (tertiary/aromatic N) is 4. The van der Waals surface area contributed by atoms with Gasteiger partial charge in [0, 0.05) is 16.4 Å². The summed E-state index contributed by atoms with van der Waals surface area (Å²) in [5, 5.41) is 11.4. The standard InChI is InChI=1S/C29H24ClN7O/c30-23-15-11-22(12-16-23)20-38-26-17-13-21(14-18-26)19-31-37-29-35-27(32-24-7-3-1-4-8-24)34-28(36-29)33-25-9-5-2-6-10-25/h1-19H,20H2,(H3,32,33,34,35,36,37). The lowest BCUT2D eigenvalue weighted by Gasteiger charge is -2.10. The zero-order chi connectivity index (χ0) is 26.0. The van der Waals surface area contributed by atoms with Gasteiger partial charge in [-0.2, -0.15) is 20.1 Å². The highest BCUT2D eigenvalue weighted by Crippen LogP contribution is 2.19. The summed E-state index contributed by atoms with van der Waals surface area (Å²) >= 11 is 5.93. The van der Waals surface area contributed by atoms with Gasteiger partial charge in [-0.15, -0.1) is 0 Å². The van der Waals surface area contributed by atoms with Gasteiger partial charge in [0.05, 0.1) is 6.21 Å². The average Bonchev–Trinajstić information content (AvgIpc) is 2.94. The van der Waals surface area contributed by atoms with Gasteiger partial charge in [0.25, 0.3) is 0 Å². The topological polar surface area (TPSA) is 96.4 Å². The van der Waals surface area contributed by atoms with Crippen LogP contribution >= 0.6 is 11.6 Å². The Morgan fingerprint density at radius 3 is 1.79 bits per heavy atom. The minimum absolute atomic E-state index is 0.288. The molecule has 0 saturated heterocycles. The van der Waals surface area contributed by atoms with E-state index in [-0.39, 0.29) is 5.95 Å². The van der Waals surface area contributed by atoms with Crippen molar-refractivity contribution in [3.8, 4) is 5.75 Å². The summed E-state index contributed by atoms with van der Waals surface area (Å²) in [5.41, 5.74) is 6.54. The van der Waals surface area contributed by atoms with Gasteiger partial charge in [-0.25, -0.2) is 5.43 Å². The summed E-state index contributed by atoms with van der Waals surface area (Å²) in [7, 11) is 0. The van der Waals surface area contributed by atoms with Crippen LogP contribution in [-0.2, 0) is 6.61 Å². The zero-order valence-corrected chi connectivity index (χ0v) is 21.0. The minimum Gasteiger partial charge on any atom is -0.489 e. The molecule has 38 heavy (non-hydrogen) atoms. The highest BCUT2D eigenvalue weighted by atomic mass is 35.5. The van der Waals surface area contributed by atoms with E-state index in [2.05, 4.69) is 36.1 Å². The van der Waals surface area contributed by atoms with Crippen molar-refractivity contribution in [1.82, 2.24) is 15.0 Å². The van der Waals surface area contributed by atoms with Crippen molar-refractivity contribution < 1.29 is 4.74 Å². The predicted molar refractivity (Wildman–Crippen MR) is 153 cm³/mol. The molecule has 0 aliphatic heterocycles. The molecule has 0 radical (unpaired) electrons. The van der Waals surface area contributed by atoms with Gasteiger partial charge in [-0.05, 0) is 71.8 Å². The van der Waals surface area contributed by atoms with Crippen LogP contribution < -0.4 is 20.8 Å². The van der Waals surface area contributed by atoms with E-state index in [4.69, 9.17) is 16.3 Å². The molecule has 1 heterocycles. The van der Waals surface area contributed by atoms with E-state index in [0.29, 0.717) is 23.5 Å². The first-order valence-corrected chi connectivity index (χ1v) is 12.2. The Kier molecular flexibility index (Phi) is 8.03. The smallest absolute Gasteiger partial charge is 0.250 e. The van der Waals surface area contributed by atoms with Gasteiger partial charge in [0.2, 0.25) is 17.8 Å². The van der Waals surface area contributed by atoms with E-state index in [0.717, 1.165) is 28.3 Å². The van der Waals surface area contributed by atoms with Gasteiger partial charge in [-0.1, -0.05) is 60.1 Å². The fourth-order valence-electron chi connectivity index (χ4n) is 3.40. The monoisotopic (exact) mass is 521 g/mol. The number of hydrogen-bond donors (Lipinski definition) is 3. The number of hydrogen-bond acceptors (Lipinski definition) is 8. The quantitative estimate of drug-likeness (QED) is 0.134. The lowest BCUT2D eigenvalue weighted by molar-refractivity contribution is 0.306. The third kappa shape index (κ3) is 7.28. The predicted octanol–water partition coefficient (Wildman–Crippen LogP) is 7.04. The first-order chi connectivity index (χ1) is 18.7. The number of anilines is 5. The fourth-order valence-corrected chi connectivity index (χ4v) is 3.53. The number of aromatic nitrogens is 3. The second kappa shape index (κ2) is 12.3. The van der Waals surface area contributed by atoms with Crippen LogP contribution in [0, 0.1) is 0 Å². The normalized spacial score (nSPS) is 10.8. The van der Waals surface area contributed by atoms with Crippen molar-refractivity contribution in [2.45, 2.75) is 6.61 Å². The molecule has 3 N–H and O–H groups in total.